The fourth-order valence-electron chi connectivity index (χ4n) is 2.43. The average Bonchev–Trinajstić information content (AvgIpc) is 2.70. The van der Waals surface area contributed by atoms with Crippen molar-refractivity contribution in [2.45, 2.75) is 31.7 Å². The topological polar surface area (TPSA) is 121 Å². The van der Waals surface area contributed by atoms with E-state index in [0.717, 1.165) is 6.42 Å². The summed E-state index contributed by atoms with van der Waals surface area (Å²) in [4.78, 5) is 43.0. The number of carbonyl (C=O) groups is 3. The minimum Gasteiger partial charge on any atom is -0.480 e. The van der Waals surface area contributed by atoms with Gasteiger partial charge in [0.25, 0.3) is 11.8 Å². The van der Waals surface area contributed by atoms with Gasteiger partial charge in [-0.25, -0.2) is 4.79 Å². The van der Waals surface area contributed by atoms with Gasteiger partial charge < -0.3 is 15.7 Å². The number of hydrogen-bond donors (Lipinski definition) is 3. The van der Waals surface area contributed by atoms with Crippen molar-refractivity contribution in [3.05, 3.63) is 60.2 Å². The van der Waals surface area contributed by atoms with Crippen LogP contribution < -0.4 is 10.6 Å². The lowest BCUT2D eigenvalue weighted by molar-refractivity contribution is -0.139. The minimum atomic E-state index is -1.08. The molecular weight excluding hydrogens is 348 g/mol. The fraction of sp³-hybridized carbons (Fsp3) is 0.316. The smallest absolute Gasteiger partial charge is 0.326 e. The second-order valence-corrected chi connectivity index (χ2v) is 5.90. The monoisotopic (exact) mass is 370 g/mol. The van der Waals surface area contributed by atoms with E-state index in [-0.39, 0.29) is 11.6 Å². The van der Waals surface area contributed by atoms with Gasteiger partial charge in [0.05, 0.1) is 0 Å². The molecule has 27 heavy (non-hydrogen) atoms. The van der Waals surface area contributed by atoms with Gasteiger partial charge >= 0.3 is 5.97 Å². The third-order valence-electron chi connectivity index (χ3n) is 3.85. The molecule has 0 aliphatic rings. The molecule has 0 saturated carbocycles. The number of rotatable bonds is 10. The number of aliphatic carboxylic acids is 1. The molecule has 0 aromatic carbocycles. The Hall–Kier alpha value is -3.29. The van der Waals surface area contributed by atoms with E-state index in [9.17, 15) is 19.5 Å². The third-order valence-corrected chi connectivity index (χ3v) is 3.85. The Balaban J connectivity index is 1.67. The summed E-state index contributed by atoms with van der Waals surface area (Å²) >= 11 is 0. The molecular formula is C19H22N4O4. The van der Waals surface area contributed by atoms with Gasteiger partial charge in [-0.15, -0.1) is 0 Å². The van der Waals surface area contributed by atoms with E-state index in [1.54, 1.807) is 36.5 Å². The van der Waals surface area contributed by atoms with Crippen LogP contribution in [0.2, 0.25) is 0 Å². The molecule has 0 spiro atoms. The molecule has 0 unspecified atom stereocenters. The molecule has 142 valence electrons. The Morgan fingerprint density at radius 1 is 0.889 bits per heavy atom. The zero-order valence-corrected chi connectivity index (χ0v) is 14.8. The van der Waals surface area contributed by atoms with Gasteiger partial charge in [-0.05, 0) is 37.1 Å². The van der Waals surface area contributed by atoms with Crippen LogP contribution in [0.1, 0.15) is 46.7 Å². The van der Waals surface area contributed by atoms with E-state index in [2.05, 4.69) is 20.6 Å². The molecule has 2 heterocycles. The zero-order chi connectivity index (χ0) is 19.5. The lowest BCUT2D eigenvalue weighted by Gasteiger charge is -2.14. The van der Waals surface area contributed by atoms with E-state index >= 15 is 0 Å². The first-order chi connectivity index (χ1) is 13.1. The second-order valence-electron chi connectivity index (χ2n) is 5.90. The lowest BCUT2D eigenvalue weighted by atomic mass is 10.1. The van der Waals surface area contributed by atoms with E-state index in [1.165, 1.54) is 12.3 Å². The maximum absolute atomic E-state index is 12.0. The number of carboxylic acids is 1. The van der Waals surface area contributed by atoms with Crippen LogP contribution >= 0.6 is 0 Å². The highest BCUT2D eigenvalue weighted by atomic mass is 16.4. The molecule has 2 amide bonds. The summed E-state index contributed by atoms with van der Waals surface area (Å²) in [5.41, 5.74) is 0.543. The number of carbonyl (C=O) groups excluding carboxylic acids is 2. The van der Waals surface area contributed by atoms with Gasteiger partial charge in [-0.1, -0.05) is 25.0 Å². The normalized spacial score (nSPS) is 11.4. The predicted octanol–water partition coefficient (Wildman–Crippen LogP) is 1.65. The largest absolute Gasteiger partial charge is 0.480 e. The first-order valence-corrected chi connectivity index (χ1v) is 8.72. The van der Waals surface area contributed by atoms with Gasteiger partial charge in [0.15, 0.2) is 0 Å². The molecule has 8 heteroatoms. The Bertz CT molecular complexity index is 753. The maximum Gasteiger partial charge on any atom is 0.326 e. The molecule has 0 fully saturated rings. The molecule has 2 aromatic rings. The van der Waals surface area contributed by atoms with Crippen molar-refractivity contribution in [1.29, 1.82) is 0 Å². The maximum atomic E-state index is 12.0. The molecule has 0 aliphatic heterocycles. The Labute approximate surface area is 157 Å². The zero-order valence-electron chi connectivity index (χ0n) is 14.8. The second kappa shape index (κ2) is 10.6. The van der Waals surface area contributed by atoms with Gasteiger partial charge in [0.2, 0.25) is 0 Å². The molecule has 0 bridgehead atoms. The SMILES string of the molecule is O=C(NCCCCC[C@@H](NC(=O)c1ccccn1)C(=O)O)c1ccccn1. The highest BCUT2D eigenvalue weighted by Crippen LogP contribution is 2.05. The summed E-state index contributed by atoms with van der Waals surface area (Å²) in [5.74, 6) is -1.82. The number of nitrogens with zero attached hydrogens (tertiary/aromatic N) is 2. The number of hydrogen-bond acceptors (Lipinski definition) is 5. The van der Waals surface area contributed by atoms with Gasteiger partial charge in [0, 0.05) is 18.9 Å². The number of unbranched alkanes of at least 4 members (excludes halogenated alkanes) is 2. The molecule has 8 nitrogen and oxygen atoms in total. The van der Waals surface area contributed by atoms with Crippen molar-refractivity contribution in [2.24, 2.45) is 0 Å². The number of pyridine rings is 2. The Morgan fingerprint density at radius 2 is 1.52 bits per heavy atom. The van der Waals surface area contributed by atoms with Crippen molar-refractivity contribution in [1.82, 2.24) is 20.6 Å². The summed E-state index contributed by atoms with van der Waals surface area (Å²) < 4.78 is 0. The van der Waals surface area contributed by atoms with Crippen molar-refractivity contribution in [2.75, 3.05) is 6.54 Å². The van der Waals surface area contributed by atoms with Crippen LogP contribution in [0.4, 0.5) is 0 Å². The summed E-state index contributed by atoms with van der Waals surface area (Å²) in [6.45, 7) is 0.480. The third kappa shape index (κ3) is 6.85. The fourth-order valence-corrected chi connectivity index (χ4v) is 2.43. The first kappa shape index (κ1) is 20.0. The van der Waals surface area contributed by atoms with E-state index in [4.69, 9.17) is 0 Å². The number of carboxylic acid groups (broad SMARTS) is 1. The molecule has 0 saturated heterocycles. The summed E-state index contributed by atoms with van der Waals surface area (Å²) in [5, 5.41) is 14.5. The van der Waals surface area contributed by atoms with Crippen molar-refractivity contribution in [3.8, 4) is 0 Å². The highest BCUT2D eigenvalue weighted by molar-refractivity contribution is 5.94. The number of nitrogens with one attached hydrogen (secondary N) is 2. The van der Waals surface area contributed by atoms with Gasteiger partial charge in [-0.3, -0.25) is 19.6 Å². The van der Waals surface area contributed by atoms with Gasteiger partial charge in [0.1, 0.15) is 17.4 Å². The summed E-state index contributed by atoms with van der Waals surface area (Å²) in [6, 6.07) is 9.02. The molecule has 0 aliphatic carbocycles. The molecule has 1 atom stereocenters. The average molecular weight is 370 g/mol. The summed E-state index contributed by atoms with van der Waals surface area (Å²) in [7, 11) is 0. The van der Waals surface area contributed by atoms with Gasteiger partial charge in [-0.2, -0.15) is 0 Å². The van der Waals surface area contributed by atoms with E-state index in [0.29, 0.717) is 31.5 Å². The quantitative estimate of drug-likeness (QED) is 0.547. The van der Waals surface area contributed by atoms with Crippen LogP contribution in [0.25, 0.3) is 0 Å². The molecule has 2 aromatic heterocycles. The minimum absolute atomic E-state index is 0.181. The van der Waals surface area contributed by atoms with Crippen molar-refractivity contribution >= 4 is 17.8 Å². The van der Waals surface area contributed by atoms with E-state index in [1.807, 2.05) is 0 Å². The Morgan fingerprint density at radius 3 is 2.07 bits per heavy atom. The molecule has 3 N–H and O–H groups in total. The van der Waals surface area contributed by atoms with E-state index < -0.39 is 17.9 Å². The molecule has 2 rings (SSSR count). The number of aromatic nitrogens is 2. The lowest BCUT2D eigenvalue weighted by Crippen LogP contribution is -2.41. The first-order valence-electron chi connectivity index (χ1n) is 8.72. The molecule has 0 radical (unpaired) electrons. The van der Waals surface area contributed by atoms with Crippen molar-refractivity contribution < 1.29 is 19.5 Å². The standard InChI is InChI=1S/C19H22N4O4/c24-17(14-8-3-6-11-20-14)22-13-5-1-2-10-16(19(26)27)23-18(25)15-9-4-7-12-21-15/h3-4,6-9,11-12,16H,1-2,5,10,13H2,(H,22,24)(H,23,25)(H,26,27)/t16-/m1/s1. The number of amides is 2. The van der Waals surface area contributed by atoms with Crippen LogP contribution in [0, 0.1) is 0 Å². The van der Waals surface area contributed by atoms with Crippen LogP contribution in [-0.2, 0) is 4.79 Å². The van der Waals surface area contributed by atoms with Crippen LogP contribution in [-0.4, -0.2) is 45.4 Å². The van der Waals surface area contributed by atoms with Crippen LogP contribution in [0.5, 0.6) is 0 Å². The summed E-state index contributed by atoms with van der Waals surface area (Å²) in [6.07, 6.45) is 5.38. The van der Waals surface area contributed by atoms with Crippen LogP contribution in [0.15, 0.2) is 48.8 Å². The van der Waals surface area contributed by atoms with Crippen LogP contribution in [0.3, 0.4) is 0 Å². The Kier molecular flexibility index (Phi) is 7.90. The van der Waals surface area contributed by atoms with Crippen molar-refractivity contribution in [3.63, 3.8) is 0 Å². The highest BCUT2D eigenvalue weighted by Gasteiger charge is 2.20. The predicted molar refractivity (Wildman–Crippen MR) is 98.2 cm³/mol.